The first-order valence-corrected chi connectivity index (χ1v) is 6.33. The van der Waals surface area contributed by atoms with Gasteiger partial charge in [-0.3, -0.25) is 0 Å². The summed E-state index contributed by atoms with van der Waals surface area (Å²) in [6, 6.07) is 12.0. The summed E-state index contributed by atoms with van der Waals surface area (Å²) in [5, 5.41) is 13.1. The molecule has 0 heterocycles. The minimum absolute atomic E-state index is 0.169. The van der Waals surface area contributed by atoms with Gasteiger partial charge >= 0.3 is 5.97 Å². The van der Waals surface area contributed by atoms with E-state index in [4.69, 9.17) is 28.3 Å². The first kappa shape index (κ1) is 13.7. The van der Waals surface area contributed by atoms with Gasteiger partial charge < -0.3 is 10.4 Å². The normalized spacial score (nSPS) is 10.2. The second-order valence-electron chi connectivity index (χ2n) is 3.98. The summed E-state index contributed by atoms with van der Waals surface area (Å²) in [4.78, 5) is 10.8. The van der Waals surface area contributed by atoms with Crippen LogP contribution in [0, 0.1) is 0 Å². The van der Waals surface area contributed by atoms with Gasteiger partial charge in [-0.05, 0) is 35.9 Å². The Morgan fingerprint density at radius 3 is 2.37 bits per heavy atom. The molecule has 0 fully saturated rings. The van der Waals surface area contributed by atoms with Crippen LogP contribution in [0.25, 0.3) is 0 Å². The van der Waals surface area contributed by atoms with E-state index < -0.39 is 5.97 Å². The molecule has 0 aromatic heterocycles. The van der Waals surface area contributed by atoms with Gasteiger partial charge in [0, 0.05) is 11.6 Å². The van der Waals surface area contributed by atoms with Crippen molar-refractivity contribution in [3.63, 3.8) is 0 Å². The average molecular weight is 296 g/mol. The third kappa shape index (κ3) is 3.63. The number of rotatable bonds is 4. The Kier molecular flexibility index (Phi) is 4.30. The van der Waals surface area contributed by atoms with E-state index in [1.165, 1.54) is 12.1 Å². The van der Waals surface area contributed by atoms with Gasteiger partial charge in [0.1, 0.15) is 0 Å². The maximum Gasteiger partial charge on any atom is 0.335 e. The zero-order valence-electron chi connectivity index (χ0n) is 9.86. The molecule has 0 aliphatic carbocycles. The van der Waals surface area contributed by atoms with E-state index in [1.54, 1.807) is 6.07 Å². The lowest BCUT2D eigenvalue weighted by atomic mass is 10.2. The molecule has 0 aliphatic rings. The molecule has 0 aliphatic heterocycles. The van der Waals surface area contributed by atoms with Crippen LogP contribution in [0.1, 0.15) is 15.9 Å². The van der Waals surface area contributed by atoms with Crippen molar-refractivity contribution in [2.75, 3.05) is 5.32 Å². The number of hydrogen-bond acceptors (Lipinski definition) is 2. The first-order chi connectivity index (χ1) is 9.06. The van der Waals surface area contributed by atoms with Crippen LogP contribution in [0.3, 0.4) is 0 Å². The molecule has 2 aromatic carbocycles. The molecular weight excluding hydrogens is 285 g/mol. The minimum atomic E-state index is -0.994. The summed E-state index contributed by atoms with van der Waals surface area (Å²) in [6.45, 7) is 0.587. The van der Waals surface area contributed by atoms with Crippen molar-refractivity contribution in [2.45, 2.75) is 6.54 Å². The van der Waals surface area contributed by atoms with E-state index >= 15 is 0 Å². The molecule has 0 radical (unpaired) electrons. The van der Waals surface area contributed by atoms with Gasteiger partial charge in [-0.2, -0.15) is 0 Å². The molecule has 2 N–H and O–H groups in total. The van der Waals surface area contributed by atoms with E-state index in [1.807, 2.05) is 24.3 Å². The molecule has 3 nitrogen and oxygen atoms in total. The number of carboxylic acid groups (broad SMARTS) is 1. The molecule has 0 amide bonds. The van der Waals surface area contributed by atoms with Crippen molar-refractivity contribution in [3.8, 4) is 0 Å². The van der Waals surface area contributed by atoms with Gasteiger partial charge in [0.2, 0.25) is 0 Å². The van der Waals surface area contributed by atoms with E-state index in [2.05, 4.69) is 5.32 Å². The second kappa shape index (κ2) is 5.95. The zero-order chi connectivity index (χ0) is 13.8. The van der Waals surface area contributed by atoms with Crippen molar-refractivity contribution < 1.29 is 9.90 Å². The predicted octanol–water partition coefficient (Wildman–Crippen LogP) is 4.30. The van der Waals surface area contributed by atoms with Crippen molar-refractivity contribution in [2.24, 2.45) is 0 Å². The fourth-order valence-corrected chi connectivity index (χ4v) is 1.96. The highest BCUT2D eigenvalue weighted by Crippen LogP contribution is 2.23. The number of carbonyl (C=O) groups is 1. The number of carboxylic acids is 1. The monoisotopic (exact) mass is 295 g/mol. The number of hydrogen-bond donors (Lipinski definition) is 2. The van der Waals surface area contributed by atoms with Crippen LogP contribution in [0.15, 0.2) is 42.5 Å². The Morgan fingerprint density at radius 2 is 1.79 bits per heavy atom. The summed E-state index contributed by atoms with van der Waals surface area (Å²) in [5.74, 6) is -0.994. The molecule has 0 unspecified atom stereocenters. The maximum atomic E-state index is 10.8. The Labute approximate surface area is 120 Å². The molecule has 0 spiro atoms. The number of anilines is 1. The molecule has 0 saturated carbocycles. The van der Waals surface area contributed by atoms with Crippen LogP contribution >= 0.6 is 23.2 Å². The zero-order valence-corrected chi connectivity index (χ0v) is 11.4. The molecular formula is C14H11Cl2NO2. The van der Waals surface area contributed by atoms with Gasteiger partial charge in [-0.25, -0.2) is 4.79 Å². The standard InChI is InChI=1S/C14H11Cl2NO2/c15-11-4-1-9(2-5-11)8-17-13-6-3-10(14(18)19)7-12(13)16/h1-7,17H,8H2,(H,18,19). The summed E-state index contributed by atoms with van der Waals surface area (Å²) >= 11 is 11.8. The lowest BCUT2D eigenvalue weighted by Gasteiger charge is -2.09. The van der Waals surface area contributed by atoms with E-state index in [0.717, 1.165) is 5.56 Å². The summed E-state index contributed by atoms with van der Waals surface area (Å²) < 4.78 is 0. The summed E-state index contributed by atoms with van der Waals surface area (Å²) in [6.07, 6.45) is 0. The van der Waals surface area contributed by atoms with Crippen LogP contribution in [0.2, 0.25) is 10.0 Å². The van der Waals surface area contributed by atoms with Gasteiger partial charge in [-0.1, -0.05) is 35.3 Å². The fourth-order valence-electron chi connectivity index (χ4n) is 1.59. The highest BCUT2D eigenvalue weighted by Gasteiger charge is 2.06. The van der Waals surface area contributed by atoms with Gasteiger partial charge in [-0.15, -0.1) is 0 Å². The van der Waals surface area contributed by atoms with Crippen molar-refractivity contribution in [1.29, 1.82) is 0 Å². The number of nitrogens with one attached hydrogen (secondary N) is 1. The number of aromatic carboxylic acids is 1. The first-order valence-electron chi connectivity index (χ1n) is 5.57. The fraction of sp³-hybridized carbons (Fsp3) is 0.0714. The number of halogens is 2. The molecule has 2 rings (SSSR count). The maximum absolute atomic E-state index is 10.8. The molecule has 5 heteroatoms. The molecule has 2 aromatic rings. The smallest absolute Gasteiger partial charge is 0.335 e. The highest BCUT2D eigenvalue weighted by atomic mass is 35.5. The largest absolute Gasteiger partial charge is 0.478 e. The van der Waals surface area contributed by atoms with Crippen molar-refractivity contribution in [1.82, 2.24) is 0 Å². The highest BCUT2D eigenvalue weighted by molar-refractivity contribution is 6.33. The lowest BCUT2D eigenvalue weighted by molar-refractivity contribution is 0.0697. The van der Waals surface area contributed by atoms with E-state index in [-0.39, 0.29) is 5.56 Å². The lowest BCUT2D eigenvalue weighted by Crippen LogP contribution is -2.01. The minimum Gasteiger partial charge on any atom is -0.478 e. The second-order valence-corrected chi connectivity index (χ2v) is 4.82. The Morgan fingerprint density at radius 1 is 1.11 bits per heavy atom. The van der Waals surface area contributed by atoms with Crippen LogP contribution in [-0.4, -0.2) is 11.1 Å². The molecule has 0 bridgehead atoms. The third-order valence-corrected chi connectivity index (χ3v) is 3.18. The topological polar surface area (TPSA) is 49.3 Å². The van der Waals surface area contributed by atoms with Crippen LogP contribution in [0.5, 0.6) is 0 Å². The van der Waals surface area contributed by atoms with Gasteiger partial charge in [0.25, 0.3) is 0 Å². The molecule has 19 heavy (non-hydrogen) atoms. The summed E-state index contributed by atoms with van der Waals surface area (Å²) in [5.41, 5.74) is 1.92. The van der Waals surface area contributed by atoms with Crippen molar-refractivity contribution in [3.05, 3.63) is 63.6 Å². The predicted molar refractivity (Wildman–Crippen MR) is 77.2 cm³/mol. The van der Waals surface area contributed by atoms with Gasteiger partial charge in [0.15, 0.2) is 0 Å². The quantitative estimate of drug-likeness (QED) is 0.884. The summed E-state index contributed by atoms with van der Waals surface area (Å²) in [7, 11) is 0. The van der Waals surface area contributed by atoms with Crippen LogP contribution in [-0.2, 0) is 6.54 Å². The Bertz CT molecular complexity index is 597. The molecule has 98 valence electrons. The average Bonchev–Trinajstić information content (AvgIpc) is 2.39. The SMILES string of the molecule is O=C(O)c1ccc(NCc2ccc(Cl)cc2)c(Cl)c1. The van der Waals surface area contributed by atoms with Crippen molar-refractivity contribution >= 4 is 34.9 Å². The van der Waals surface area contributed by atoms with Crippen LogP contribution < -0.4 is 5.32 Å². The Hall–Kier alpha value is -1.71. The number of benzene rings is 2. The molecule has 0 saturated heterocycles. The molecule has 0 atom stereocenters. The van der Waals surface area contributed by atoms with Crippen LogP contribution in [0.4, 0.5) is 5.69 Å². The third-order valence-electron chi connectivity index (χ3n) is 2.61. The Balaban J connectivity index is 2.07. The van der Waals surface area contributed by atoms with E-state index in [9.17, 15) is 4.79 Å². The van der Waals surface area contributed by atoms with E-state index in [0.29, 0.717) is 22.3 Å². The van der Waals surface area contributed by atoms with Gasteiger partial charge in [0.05, 0.1) is 16.3 Å².